The number of halogens is 2. The van der Waals surface area contributed by atoms with Crippen LogP contribution in [-0.4, -0.2) is 16.3 Å². The van der Waals surface area contributed by atoms with E-state index in [0.717, 1.165) is 41.7 Å². The second kappa shape index (κ2) is 7.83. The van der Waals surface area contributed by atoms with Crippen molar-refractivity contribution in [2.45, 2.75) is 39.3 Å². The average Bonchev–Trinajstić information content (AvgIpc) is 2.80. The van der Waals surface area contributed by atoms with Crippen LogP contribution < -0.4 is 5.32 Å². The number of aryl methyl sites for hydroxylation is 1. The van der Waals surface area contributed by atoms with E-state index in [-0.39, 0.29) is 6.04 Å². The minimum absolute atomic E-state index is 0.134. The van der Waals surface area contributed by atoms with Gasteiger partial charge in [0, 0.05) is 11.6 Å². The van der Waals surface area contributed by atoms with Gasteiger partial charge in [0.1, 0.15) is 0 Å². The fraction of sp³-hybridized carbons (Fsp3) is 0.438. The molecule has 1 unspecified atom stereocenters. The molecule has 1 atom stereocenters. The summed E-state index contributed by atoms with van der Waals surface area (Å²) in [6.45, 7) is 5.98. The highest BCUT2D eigenvalue weighted by atomic mass is 35.5. The Kier molecular flexibility index (Phi) is 6.09. The number of aromatic nitrogens is 2. The van der Waals surface area contributed by atoms with Crippen molar-refractivity contribution < 1.29 is 0 Å². The van der Waals surface area contributed by atoms with E-state index >= 15 is 0 Å². The lowest BCUT2D eigenvalue weighted by atomic mass is 10.0. The van der Waals surface area contributed by atoms with E-state index in [0.29, 0.717) is 0 Å². The summed E-state index contributed by atoms with van der Waals surface area (Å²) in [7, 11) is 0. The molecule has 1 aromatic heterocycles. The van der Waals surface area contributed by atoms with Gasteiger partial charge in [-0.25, -0.2) is 0 Å². The normalized spacial score (nSPS) is 12.6. The minimum Gasteiger partial charge on any atom is -0.309 e. The maximum Gasteiger partial charge on any atom is 0.0834 e. The predicted molar refractivity (Wildman–Crippen MR) is 89.1 cm³/mol. The van der Waals surface area contributed by atoms with Crippen molar-refractivity contribution >= 4 is 23.2 Å². The van der Waals surface area contributed by atoms with Crippen LogP contribution in [0, 0.1) is 0 Å². The van der Waals surface area contributed by atoms with Gasteiger partial charge >= 0.3 is 0 Å². The standard InChI is InChI=1S/C16H21Cl2N3/c1-3-8-21-16(14(18)11-20-21)15(19-4-2)10-12-6-5-7-13(17)9-12/h5-7,9,11,15,19H,3-4,8,10H2,1-2H3. The molecule has 1 N–H and O–H groups in total. The molecular weight excluding hydrogens is 305 g/mol. The third kappa shape index (κ3) is 4.22. The van der Waals surface area contributed by atoms with Crippen LogP contribution in [0.25, 0.3) is 0 Å². The smallest absolute Gasteiger partial charge is 0.0834 e. The Morgan fingerprint density at radius 3 is 2.76 bits per heavy atom. The summed E-state index contributed by atoms with van der Waals surface area (Å²) in [6, 6.07) is 8.09. The van der Waals surface area contributed by atoms with Crippen LogP contribution in [0.3, 0.4) is 0 Å². The molecule has 0 fully saturated rings. The summed E-state index contributed by atoms with van der Waals surface area (Å²) >= 11 is 12.4. The summed E-state index contributed by atoms with van der Waals surface area (Å²) in [6.07, 6.45) is 3.60. The molecule has 2 aromatic rings. The molecule has 0 saturated carbocycles. The number of hydrogen-bond acceptors (Lipinski definition) is 2. The van der Waals surface area contributed by atoms with Crippen LogP contribution in [0.4, 0.5) is 0 Å². The number of nitrogens with zero attached hydrogens (tertiary/aromatic N) is 2. The molecule has 0 saturated heterocycles. The van der Waals surface area contributed by atoms with Gasteiger partial charge < -0.3 is 5.32 Å². The highest BCUT2D eigenvalue weighted by molar-refractivity contribution is 6.31. The van der Waals surface area contributed by atoms with E-state index in [9.17, 15) is 0 Å². The third-order valence-corrected chi connectivity index (χ3v) is 3.90. The van der Waals surface area contributed by atoms with Gasteiger partial charge in [-0.05, 0) is 37.1 Å². The van der Waals surface area contributed by atoms with Gasteiger partial charge in [0.05, 0.1) is 23.0 Å². The lowest BCUT2D eigenvalue weighted by Crippen LogP contribution is -2.26. The quantitative estimate of drug-likeness (QED) is 0.812. The second-order valence-electron chi connectivity index (χ2n) is 5.05. The number of likely N-dealkylation sites (N-methyl/N-ethyl adjacent to an activating group) is 1. The number of nitrogens with one attached hydrogen (secondary N) is 1. The minimum atomic E-state index is 0.134. The summed E-state index contributed by atoms with van der Waals surface area (Å²) in [5.74, 6) is 0. The Bertz CT molecular complexity index is 581. The Balaban J connectivity index is 2.28. The Morgan fingerprint density at radius 2 is 2.10 bits per heavy atom. The third-order valence-electron chi connectivity index (χ3n) is 3.38. The average molecular weight is 326 g/mol. The molecule has 3 nitrogen and oxygen atoms in total. The van der Waals surface area contributed by atoms with Crippen LogP contribution >= 0.6 is 23.2 Å². The van der Waals surface area contributed by atoms with Gasteiger partial charge in [0.2, 0.25) is 0 Å². The Morgan fingerprint density at radius 1 is 1.29 bits per heavy atom. The van der Waals surface area contributed by atoms with E-state index in [1.165, 1.54) is 5.56 Å². The molecule has 21 heavy (non-hydrogen) atoms. The number of benzene rings is 1. The zero-order valence-corrected chi connectivity index (χ0v) is 14.0. The predicted octanol–water partition coefficient (Wildman–Crippen LogP) is 4.49. The van der Waals surface area contributed by atoms with Crippen molar-refractivity contribution in [1.29, 1.82) is 0 Å². The van der Waals surface area contributed by atoms with Crippen molar-refractivity contribution in [1.82, 2.24) is 15.1 Å². The second-order valence-corrected chi connectivity index (χ2v) is 5.89. The topological polar surface area (TPSA) is 29.9 Å². The SMILES string of the molecule is CCCn1ncc(Cl)c1C(Cc1cccc(Cl)c1)NCC. The number of hydrogen-bond donors (Lipinski definition) is 1. The fourth-order valence-electron chi connectivity index (χ4n) is 2.52. The first-order valence-corrected chi connectivity index (χ1v) is 8.10. The summed E-state index contributed by atoms with van der Waals surface area (Å²) in [4.78, 5) is 0. The van der Waals surface area contributed by atoms with Crippen molar-refractivity contribution in [3.8, 4) is 0 Å². The molecule has 0 aliphatic rings. The molecule has 0 spiro atoms. The van der Waals surface area contributed by atoms with Gasteiger partial charge in [0.15, 0.2) is 0 Å². The van der Waals surface area contributed by atoms with Crippen molar-refractivity contribution in [3.05, 3.63) is 51.8 Å². The van der Waals surface area contributed by atoms with Gasteiger partial charge in [0.25, 0.3) is 0 Å². The maximum absolute atomic E-state index is 6.36. The highest BCUT2D eigenvalue weighted by Crippen LogP contribution is 2.26. The van der Waals surface area contributed by atoms with Gasteiger partial charge in [-0.2, -0.15) is 5.10 Å². The van der Waals surface area contributed by atoms with E-state index in [4.69, 9.17) is 23.2 Å². The zero-order valence-electron chi connectivity index (χ0n) is 12.4. The number of rotatable bonds is 7. The molecule has 114 valence electrons. The van der Waals surface area contributed by atoms with Crippen LogP contribution in [0.1, 0.15) is 37.6 Å². The first-order chi connectivity index (χ1) is 10.2. The molecule has 5 heteroatoms. The molecule has 0 bridgehead atoms. The van der Waals surface area contributed by atoms with Crippen LogP contribution in [-0.2, 0) is 13.0 Å². The highest BCUT2D eigenvalue weighted by Gasteiger charge is 2.20. The molecule has 1 heterocycles. The largest absolute Gasteiger partial charge is 0.309 e. The van der Waals surface area contributed by atoms with E-state index < -0.39 is 0 Å². The molecule has 2 rings (SSSR count). The summed E-state index contributed by atoms with van der Waals surface area (Å²) < 4.78 is 2.00. The monoisotopic (exact) mass is 325 g/mol. The van der Waals surface area contributed by atoms with Crippen LogP contribution in [0.2, 0.25) is 10.0 Å². The summed E-state index contributed by atoms with van der Waals surface area (Å²) in [5.41, 5.74) is 2.24. The van der Waals surface area contributed by atoms with Gasteiger partial charge in [-0.1, -0.05) is 49.2 Å². The zero-order chi connectivity index (χ0) is 15.2. The van der Waals surface area contributed by atoms with E-state index in [2.05, 4.69) is 30.3 Å². The lowest BCUT2D eigenvalue weighted by molar-refractivity contribution is 0.478. The van der Waals surface area contributed by atoms with Gasteiger partial charge in [-0.15, -0.1) is 0 Å². The van der Waals surface area contributed by atoms with Crippen molar-refractivity contribution in [3.63, 3.8) is 0 Å². The maximum atomic E-state index is 6.36. The van der Waals surface area contributed by atoms with Crippen molar-refractivity contribution in [2.24, 2.45) is 0 Å². The lowest BCUT2D eigenvalue weighted by Gasteiger charge is -2.20. The fourth-order valence-corrected chi connectivity index (χ4v) is 3.01. The van der Waals surface area contributed by atoms with Crippen LogP contribution in [0.15, 0.2) is 30.5 Å². The first kappa shape index (κ1) is 16.3. The van der Waals surface area contributed by atoms with Gasteiger partial charge in [-0.3, -0.25) is 4.68 Å². The molecule has 0 aliphatic carbocycles. The Labute approximate surface area is 136 Å². The molecule has 0 aliphatic heterocycles. The Hall–Kier alpha value is -1.03. The van der Waals surface area contributed by atoms with Crippen molar-refractivity contribution in [2.75, 3.05) is 6.54 Å². The molecule has 0 radical (unpaired) electrons. The molecule has 1 aromatic carbocycles. The molecule has 0 amide bonds. The summed E-state index contributed by atoms with van der Waals surface area (Å²) in [5, 5.41) is 9.37. The van der Waals surface area contributed by atoms with E-state index in [1.54, 1.807) is 6.20 Å². The van der Waals surface area contributed by atoms with Crippen LogP contribution in [0.5, 0.6) is 0 Å². The van der Waals surface area contributed by atoms with E-state index in [1.807, 2.05) is 22.9 Å². The first-order valence-electron chi connectivity index (χ1n) is 7.34. The molecular formula is C16H21Cl2N3.